The van der Waals surface area contributed by atoms with E-state index >= 15 is 0 Å². The molecule has 0 aromatic heterocycles. The van der Waals surface area contributed by atoms with E-state index in [1.165, 1.54) is 25.7 Å². The number of nitrogens with two attached hydrogens (primary N) is 1. The Morgan fingerprint density at radius 2 is 2.00 bits per heavy atom. The van der Waals surface area contributed by atoms with Crippen LogP contribution in [0.5, 0.6) is 0 Å². The molecule has 18 heavy (non-hydrogen) atoms. The molecule has 1 saturated heterocycles. The molecule has 2 N–H and O–H groups in total. The van der Waals surface area contributed by atoms with E-state index < -0.39 is 0 Å². The van der Waals surface area contributed by atoms with Gasteiger partial charge in [-0.15, -0.1) is 24.0 Å². The van der Waals surface area contributed by atoms with Crippen LogP contribution in [0.25, 0.3) is 0 Å². The summed E-state index contributed by atoms with van der Waals surface area (Å²) in [6, 6.07) is 0. The van der Waals surface area contributed by atoms with Crippen LogP contribution in [0.4, 0.5) is 0 Å². The molecule has 0 spiro atoms. The molecule has 5 heteroatoms. The highest BCUT2D eigenvalue weighted by Gasteiger charge is 2.13. The van der Waals surface area contributed by atoms with Gasteiger partial charge in [0.25, 0.3) is 0 Å². The van der Waals surface area contributed by atoms with Gasteiger partial charge in [0.15, 0.2) is 5.96 Å². The molecule has 2 aliphatic heterocycles. The zero-order valence-electron chi connectivity index (χ0n) is 10.9. The summed E-state index contributed by atoms with van der Waals surface area (Å²) < 4.78 is 5.48. The highest BCUT2D eigenvalue weighted by molar-refractivity contribution is 14.0. The van der Waals surface area contributed by atoms with E-state index in [9.17, 15) is 0 Å². The highest BCUT2D eigenvalue weighted by Crippen LogP contribution is 2.12. The van der Waals surface area contributed by atoms with Crippen molar-refractivity contribution >= 4 is 29.9 Å². The Kier molecular flexibility index (Phi) is 7.46. The molecule has 4 nitrogen and oxygen atoms in total. The third-order valence-electron chi connectivity index (χ3n) is 3.41. The van der Waals surface area contributed by atoms with E-state index in [0.29, 0.717) is 12.5 Å². The van der Waals surface area contributed by atoms with E-state index in [4.69, 9.17) is 10.5 Å². The molecule has 0 aromatic carbocycles. The predicted octanol–water partition coefficient (Wildman–Crippen LogP) is 2.49. The first-order chi connectivity index (χ1) is 8.36. The minimum atomic E-state index is 0. The monoisotopic (exact) mass is 365 g/mol. The number of guanidine groups is 1. The summed E-state index contributed by atoms with van der Waals surface area (Å²) in [6.07, 6.45) is 11.3. The standard InChI is InChI=1S/C13H23N3O.HI/c14-13(16-8-4-1-2-5-9-16)15-11-12-7-3-6-10-17-12;/h6,10,12H,1-5,7-9,11H2,(H2,14,15);1H. The Bertz CT molecular complexity index is 286. The SMILES string of the molecule is I.NC(=NCC1CCC=CO1)N1CCCCCC1. The second-order valence-corrected chi connectivity index (χ2v) is 4.81. The molecule has 0 aliphatic carbocycles. The third kappa shape index (κ3) is 5.04. The molecule has 2 aliphatic rings. The maximum Gasteiger partial charge on any atom is 0.191 e. The van der Waals surface area contributed by atoms with Gasteiger partial charge in [-0.25, -0.2) is 4.99 Å². The summed E-state index contributed by atoms with van der Waals surface area (Å²) in [5.74, 6) is 0.699. The van der Waals surface area contributed by atoms with Gasteiger partial charge in [0.1, 0.15) is 6.10 Å². The first-order valence-corrected chi connectivity index (χ1v) is 6.71. The van der Waals surface area contributed by atoms with Crippen molar-refractivity contribution in [3.63, 3.8) is 0 Å². The fraction of sp³-hybridized carbons (Fsp3) is 0.769. The van der Waals surface area contributed by atoms with Gasteiger partial charge in [0.05, 0.1) is 12.8 Å². The van der Waals surface area contributed by atoms with Gasteiger partial charge >= 0.3 is 0 Å². The lowest BCUT2D eigenvalue weighted by Gasteiger charge is -2.22. The van der Waals surface area contributed by atoms with Crippen LogP contribution in [0.1, 0.15) is 38.5 Å². The van der Waals surface area contributed by atoms with Crippen molar-refractivity contribution in [2.24, 2.45) is 10.7 Å². The van der Waals surface area contributed by atoms with Gasteiger partial charge in [-0.05, 0) is 31.8 Å². The summed E-state index contributed by atoms with van der Waals surface area (Å²) in [7, 11) is 0. The molecular formula is C13H24IN3O. The van der Waals surface area contributed by atoms with Crippen LogP contribution < -0.4 is 5.73 Å². The quantitative estimate of drug-likeness (QED) is 0.465. The van der Waals surface area contributed by atoms with Crippen LogP contribution in [-0.4, -0.2) is 36.6 Å². The molecule has 1 fully saturated rings. The van der Waals surface area contributed by atoms with Gasteiger partial charge in [0.2, 0.25) is 0 Å². The minimum absolute atomic E-state index is 0. The van der Waals surface area contributed by atoms with Crippen molar-refractivity contribution in [2.75, 3.05) is 19.6 Å². The number of hydrogen-bond acceptors (Lipinski definition) is 2. The summed E-state index contributed by atoms with van der Waals surface area (Å²) in [5, 5.41) is 0. The zero-order chi connectivity index (χ0) is 11.9. The van der Waals surface area contributed by atoms with E-state index in [1.807, 2.05) is 0 Å². The molecule has 0 aromatic rings. The van der Waals surface area contributed by atoms with Crippen molar-refractivity contribution in [2.45, 2.75) is 44.6 Å². The first-order valence-electron chi connectivity index (χ1n) is 6.71. The van der Waals surface area contributed by atoms with Crippen LogP contribution in [0.2, 0.25) is 0 Å². The second-order valence-electron chi connectivity index (χ2n) is 4.81. The normalized spacial score (nSPS) is 25.0. The minimum Gasteiger partial charge on any atom is -0.496 e. The van der Waals surface area contributed by atoms with E-state index in [0.717, 1.165) is 25.9 Å². The number of aliphatic imine (C=N–C) groups is 1. The fourth-order valence-corrected chi connectivity index (χ4v) is 2.31. The molecule has 2 heterocycles. The lowest BCUT2D eigenvalue weighted by molar-refractivity contribution is 0.131. The Morgan fingerprint density at radius 3 is 2.61 bits per heavy atom. The van der Waals surface area contributed by atoms with Gasteiger partial charge < -0.3 is 15.4 Å². The van der Waals surface area contributed by atoms with Gasteiger partial charge in [-0.3, -0.25) is 0 Å². The van der Waals surface area contributed by atoms with Crippen molar-refractivity contribution in [3.8, 4) is 0 Å². The average Bonchev–Trinajstić information content (AvgIpc) is 2.66. The molecule has 0 saturated carbocycles. The molecular weight excluding hydrogens is 341 g/mol. The zero-order valence-corrected chi connectivity index (χ0v) is 13.2. The lowest BCUT2D eigenvalue weighted by atomic mass is 10.2. The third-order valence-corrected chi connectivity index (χ3v) is 3.41. The smallest absolute Gasteiger partial charge is 0.191 e. The topological polar surface area (TPSA) is 50.9 Å². The maximum absolute atomic E-state index is 6.04. The largest absolute Gasteiger partial charge is 0.496 e. The molecule has 1 unspecified atom stereocenters. The van der Waals surface area contributed by atoms with Crippen LogP contribution in [-0.2, 0) is 4.74 Å². The summed E-state index contributed by atoms with van der Waals surface area (Å²) >= 11 is 0. The van der Waals surface area contributed by atoms with E-state index in [2.05, 4.69) is 16.0 Å². The number of hydrogen-bond donors (Lipinski definition) is 1. The lowest BCUT2D eigenvalue weighted by Crippen LogP contribution is -2.38. The number of nitrogens with zero attached hydrogens (tertiary/aromatic N) is 2. The second kappa shape index (κ2) is 8.61. The molecule has 0 bridgehead atoms. The fourth-order valence-electron chi connectivity index (χ4n) is 2.31. The molecule has 1 atom stereocenters. The van der Waals surface area contributed by atoms with Crippen LogP contribution in [0.15, 0.2) is 17.3 Å². The molecule has 0 amide bonds. The van der Waals surface area contributed by atoms with Crippen molar-refractivity contribution in [1.82, 2.24) is 4.90 Å². The van der Waals surface area contributed by atoms with Gasteiger partial charge in [-0.1, -0.05) is 12.8 Å². The van der Waals surface area contributed by atoms with Gasteiger partial charge in [0, 0.05) is 13.1 Å². The van der Waals surface area contributed by atoms with Crippen LogP contribution in [0.3, 0.4) is 0 Å². The summed E-state index contributed by atoms with van der Waals surface area (Å²) in [4.78, 5) is 6.69. The molecule has 0 radical (unpaired) electrons. The van der Waals surface area contributed by atoms with Crippen molar-refractivity contribution in [1.29, 1.82) is 0 Å². The van der Waals surface area contributed by atoms with Gasteiger partial charge in [-0.2, -0.15) is 0 Å². The number of likely N-dealkylation sites (tertiary alicyclic amines) is 1. The van der Waals surface area contributed by atoms with Crippen LogP contribution in [0, 0.1) is 0 Å². The predicted molar refractivity (Wildman–Crippen MR) is 85.2 cm³/mol. The van der Waals surface area contributed by atoms with E-state index in [-0.39, 0.29) is 30.1 Å². The van der Waals surface area contributed by atoms with Crippen LogP contribution >= 0.6 is 24.0 Å². The Balaban J connectivity index is 0.00000162. The average molecular weight is 365 g/mol. The number of allylic oxidation sites excluding steroid dienone is 1. The van der Waals surface area contributed by atoms with Crippen molar-refractivity contribution in [3.05, 3.63) is 12.3 Å². The Labute approximate surface area is 127 Å². The highest BCUT2D eigenvalue weighted by atomic mass is 127. The maximum atomic E-state index is 6.04. The molecule has 104 valence electrons. The Morgan fingerprint density at radius 1 is 1.28 bits per heavy atom. The number of halogens is 1. The number of rotatable bonds is 2. The van der Waals surface area contributed by atoms with E-state index in [1.54, 1.807) is 6.26 Å². The van der Waals surface area contributed by atoms with Crippen molar-refractivity contribution < 1.29 is 4.74 Å². The summed E-state index contributed by atoms with van der Waals surface area (Å²) in [5.41, 5.74) is 6.04. The first kappa shape index (κ1) is 15.6. The molecule has 2 rings (SSSR count). The Hall–Kier alpha value is -0.460. The summed E-state index contributed by atoms with van der Waals surface area (Å²) in [6.45, 7) is 2.80. The number of ether oxygens (including phenoxy) is 1.